The summed E-state index contributed by atoms with van der Waals surface area (Å²) < 4.78 is 17.4. The minimum Gasteiger partial charge on any atom is -0.491 e. The number of anilines is 2. The zero-order valence-electron chi connectivity index (χ0n) is 35.8. The minimum absolute atomic E-state index is 0.0953. The maximum absolute atomic E-state index is 14.5. The van der Waals surface area contributed by atoms with Crippen LogP contribution in [-0.2, 0) is 24.4 Å². The van der Waals surface area contributed by atoms with E-state index in [1.165, 1.54) is 18.2 Å². The highest BCUT2D eigenvalue weighted by atomic mass is 16.5. The summed E-state index contributed by atoms with van der Waals surface area (Å²) in [7, 11) is 0. The number of hydrogen-bond acceptors (Lipinski definition) is 11. The zero-order chi connectivity index (χ0) is 44.8. The number of nitrogens with two attached hydrogens (primary N) is 2. The standard InChI is InChI=1S/C45H54N10O8/c1-4-28-20-26(2)31-12-6-5-7-15-55-34(21-27(3)52-55)42(60)50-44-48-32-22-29(40(46)58)24-35(62-18-10-16-56)38(32)53(44)13-8-9-14-54-39-33(49-45(54)51-43(61)37(28)31)23-30(41(47)59)25-36(39)63-19-11-17-57/h8-9,20-25,28,56-57H,4-7,10-19H2,1-3H3,(H2,46,58)(H2,47,59)(H,48,50,60)(H,49,51,61)/b9-8+. The Kier molecular flexibility index (Phi) is 13.7. The number of aliphatic hydroxyl groups excluding tert-OH is 2. The lowest BCUT2D eigenvalue weighted by atomic mass is 9.94. The molecule has 0 fully saturated rings. The molecule has 0 saturated carbocycles. The predicted molar refractivity (Wildman–Crippen MR) is 237 cm³/mol. The van der Waals surface area contributed by atoms with Crippen LogP contribution >= 0.6 is 0 Å². The van der Waals surface area contributed by atoms with Gasteiger partial charge >= 0.3 is 0 Å². The highest BCUT2D eigenvalue weighted by Gasteiger charge is 2.30. The third-order valence-corrected chi connectivity index (χ3v) is 11.2. The van der Waals surface area contributed by atoms with E-state index in [9.17, 15) is 29.4 Å². The number of nitrogens with one attached hydrogen (secondary N) is 2. The van der Waals surface area contributed by atoms with Gasteiger partial charge in [-0.1, -0.05) is 37.1 Å². The first-order valence-electron chi connectivity index (χ1n) is 21.3. The van der Waals surface area contributed by atoms with Crippen molar-refractivity contribution in [2.24, 2.45) is 17.4 Å². The number of hydrogen-bond donors (Lipinski definition) is 6. The van der Waals surface area contributed by atoms with E-state index >= 15 is 0 Å². The molecule has 3 aromatic heterocycles. The van der Waals surface area contributed by atoms with Crippen molar-refractivity contribution in [3.63, 3.8) is 0 Å². The van der Waals surface area contributed by atoms with Crippen LogP contribution in [0.4, 0.5) is 11.9 Å². The van der Waals surface area contributed by atoms with Gasteiger partial charge in [-0.25, -0.2) is 9.97 Å². The Morgan fingerprint density at radius 3 is 1.87 bits per heavy atom. The number of imidazole rings is 2. The van der Waals surface area contributed by atoms with Crippen LogP contribution in [-0.4, -0.2) is 89.2 Å². The second-order valence-corrected chi connectivity index (χ2v) is 15.7. The molecule has 18 heteroatoms. The van der Waals surface area contributed by atoms with Crippen LogP contribution < -0.4 is 31.6 Å². The fraction of sp³-hybridized carbons (Fsp3) is 0.400. The van der Waals surface area contributed by atoms with Crippen LogP contribution in [0.2, 0.25) is 0 Å². The number of ether oxygens (including phenoxy) is 2. The molecular formula is C45H54N10O8. The van der Waals surface area contributed by atoms with Crippen molar-refractivity contribution in [1.82, 2.24) is 28.9 Å². The molecule has 0 radical (unpaired) electrons. The lowest BCUT2D eigenvalue weighted by Crippen LogP contribution is -2.21. The van der Waals surface area contributed by atoms with Gasteiger partial charge in [-0.05, 0) is 75.4 Å². The molecule has 63 heavy (non-hydrogen) atoms. The van der Waals surface area contributed by atoms with Gasteiger partial charge in [-0.3, -0.25) is 34.5 Å². The maximum Gasteiger partial charge on any atom is 0.276 e. The molecule has 18 nitrogen and oxygen atoms in total. The summed E-state index contributed by atoms with van der Waals surface area (Å²) in [6.45, 7) is 6.72. The molecule has 4 heterocycles. The Bertz CT molecular complexity index is 2670. The third kappa shape index (κ3) is 9.51. The van der Waals surface area contributed by atoms with Crippen LogP contribution in [0, 0.1) is 12.8 Å². The zero-order valence-corrected chi connectivity index (χ0v) is 35.8. The molecule has 1 aliphatic carbocycles. The number of benzene rings is 2. The average molecular weight is 863 g/mol. The Balaban J connectivity index is 1.38. The van der Waals surface area contributed by atoms with Gasteiger partial charge in [0.05, 0.1) is 29.9 Å². The van der Waals surface area contributed by atoms with Crippen LogP contribution in [0.3, 0.4) is 0 Å². The number of fused-ring (bicyclic) bond motifs is 7. The molecule has 1 atom stereocenters. The molecule has 1 aliphatic heterocycles. The van der Waals surface area contributed by atoms with Gasteiger partial charge in [-0.2, -0.15) is 5.10 Å². The first-order valence-corrected chi connectivity index (χ1v) is 21.3. The van der Waals surface area contributed by atoms with Crippen molar-refractivity contribution < 1.29 is 38.9 Å². The molecule has 4 amide bonds. The number of amides is 4. The molecule has 1 unspecified atom stereocenters. The van der Waals surface area contributed by atoms with Crippen LogP contribution in [0.5, 0.6) is 11.5 Å². The largest absolute Gasteiger partial charge is 0.491 e. The molecule has 0 bridgehead atoms. The fourth-order valence-electron chi connectivity index (χ4n) is 8.22. The number of carbonyl (C=O) groups excluding carboxylic acids is 4. The number of aryl methyl sites for hydroxylation is 2. The van der Waals surface area contributed by atoms with Crippen LogP contribution in [0.1, 0.15) is 95.7 Å². The van der Waals surface area contributed by atoms with Crippen molar-refractivity contribution in [2.75, 3.05) is 37.1 Å². The number of allylic oxidation sites excluding steroid dienone is 5. The molecule has 0 spiro atoms. The van der Waals surface area contributed by atoms with Crippen molar-refractivity contribution in [2.45, 2.75) is 85.4 Å². The summed E-state index contributed by atoms with van der Waals surface area (Å²) >= 11 is 0. The van der Waals surface area contributed by atoms with E-state index in [0.29, 0.717) is 70.6 Å². The Labute approximate surface area is 363 Å². The lowest BCUT2D eigenvalue weighted by Gasteiger charge is -2.16. The van der Waals surface area contributed by atoms with Gasteiger partial charge in [0.15, 0.2) is 0 Å². The van der Waals surface area contributed by atoms with Gasteiger partial charge in [0.1, 0.15) is 28.2 Å². The predicted octanol–water partition coefficient (Wildman–Crippen LogP) is 4.92. The monoisotopic (exact) mass is 862 g/mol. The van der Waals surface area contributed by atoms with Crippen LogP contribution in [0.25, 0.3) is 22.1 Å². The summed E-state index contributed by atoms with van der Waals surface area (Å²) in [5.41, 5.74) is 17.2. The Hall–Kier alpha value is -6.79. The van der Waals surface area contributed by atoms with Gasteiger partial charge in [0, 0.05) is 68.3 Å². The molecule has 7 rings (SSSR count). The van der Waals surface area contributed by atoms with Crippen molar-refractivity contribution in [3.05, 3.63) is 87.8 Å². The van der Waals surface area contributed by atoms with E-state index in [-0.39, 0.29) is 80.1 Å². The summed E-state index contributed by atoms with van der Waals surface area (Å²) in [5.74, 6) is -1.24. The first kappa shape index (κ1) is 44.3. The Morgan fingerprint density at radius 2 is 1.35 bits per heavy atom. The molecule has 8 N–H and O–H groups in total. The maximum atomic E-state index is 14.5. The summed E-state index contributed by atoms with van der Waals surface area (Å²) in [4.78, 5) is 63.1. The third-order valence-electron chi connectivity index (χ3n) is 11.2. The van der Waals surface area contributed by atoms with E-state index in [1.807, 2.05) is 32.9 Å². The lowest BCUT2D eigenvalue weighted by molar-refractivity contribution is -0.113. The number of carbonyl (C=O) groups is 4. The normalized spacial score (nSPS) is 16.9. The summed E-state index contributed by atoms with van der Waals surface area (Å²) in [6, 6.07) is 7.84. The molecule has 2 aromatic carbocycles. The fourth-order valence-corrected chi connectivity index (χ4v) is 8.22. The molecule has 2 aliphatic rings. The number of nitrogens with zero attached hydrogens (tertiary/aromatic N) is 6. The first-order chi connectivity index (χ1) is 30.4. The quantitative estimate of drug-likeness (QED) is 0.0768. The number of primary amides is 2. The SMILES string of the molecule is CCC1C=C(C)C2=C1C(=O)Nc1nc3cc(C(N)=O)cc(OCCCO)c3n1C/C=C/Cn1c(nc3cc(C(N)=O)cc(OCCCO)c31)NC(=O)c1cc(C)nn1CCCCC2. The van der Waals surface area contributed by atoms with Crippen molar-refractivity contribution in [3.8, 4) is 11.5 Å². The van der Waals surface area contributed by atoms with E-state index in [4.69, 9.17) is 30.9 Å². The smallest absolute Gasteiger partial charge is 0.276 e. The molecule has 0 saturated heterocycles. The second-order valence-electron chi connectivity index (χ2n) is 15.7. The number of rotatable bonds is 11. The van der Waals surface area contributed by atoms with E-state index in [0.717, 1.165) is 36.8 Å². The van der Waals surface area contributed by atoms with Gasteiger partial charge in [-0.15, -0.1) is 0 Å². The van der Waals surface area contributed by atoms with Gasteiger partial charge < -0.3 is 40.3 Å². The van der Waals surface area contributed by atoms with Gasteiger partial charge in [0.2, 0.25) is 23.7 Å². The highest BCUT2D eigenvalue weighted by Crippen LogP contribution is 2.38. The topological polar surface area (TPSA) is 257 Å². The molecule has 332 valence electrons. The van der Waals surface area contributed by atoms with Crippen molar-refractivity contribution in [1.29, 1.82) is 0 Å². The average Bonchev–Trinajstić information content (AvgIpc) is 3.99. The summed E-state index contributed by atoms with van der Waals surface area (Å²) in [6.07, 6.45) is 10.2. The highest BCUT2D eigenvalue weighted by molar-refractivity contribution is 6.07. The second kappa shape index (κ2) is 19.5. The van der Waals surface area contributed by atoms with Crippen molar-refractivity contribution >= 4 is 57.6 Å². The number of aromatic nitrogens is 6. The van der Waals surface area contributed by atoms with Crippen LogP contribution in [0.15, 0.2) is 65.3 Å². The minimum atomic E-state index is -0.696. The number of aliphatic hydroxyl groups is 2. The van der Waals surface area contributed by atoms with E-state index < -0.39 is 17.7 Å². The van der Waals surface area contributed by atoms with Gasteiger partial charge in [0.25, 0.3) is 11.8 Å². The molecule has 5 aromatic rings. The molecular weight excluding hydrogens is 809 g/mol. The van der Waals surface area contributed by atoms with E-state index in [1.54, 1.807) is 25.9 Å². The van der Waals surface area contributed by atoms with E-state index in [2.05, 4.69) is 21.8 Å². The Morgan fingerprint density at radius 1 is 0.794 bits per heavy atom. The summed E-state index contributed by atoms with van der Waals surface area (Å²) in [5, 5.41) is 29.8.